The van der Waals surface area contributed by atoms with Crippen LogP contribution in [0, 0.1) is 12.8 Å². The van der Waals surface area contributed by atoms with Crippen molar-refractivity contribution < 1.29 is 4.74 Å². The molecule has 4 rings (SSSR count). The molecule has 0 saturated carbocycles. The van der Waals surface area contributed by atoms with Gasteiger partial charge in [0.15, 0.2) is 0 Å². The number of ether oxygens (including phenoxy) is 1. The van der Waals surface area contributed by atoms with Gasteiger partial charge in [-0.15, -0.1) is 0 Å². The molecule has 0 aliphatic carbocycles. The molecule has 0 amide bonds. The summed E-state index contributed by atoms with van der Waals surface area (Å²) in [6, 6.07) is 8.66. The average molecular weight is 339 g/mol. The highest BCUT2D eigenvalue weighted by Crippen LogP contribution is 2.31. The van der Waals surface area contributed by atoms with Crippen molar-refractivity contribution in [3.8, 4) is 5.75 Å². The van der Waals surface area contributed by atoms with E-state index in [1.54, 1.807) is 0 Å². The Morgan fingerprint density at radius 3 is 2.60 bits per heavy atom. The van der Waals surface area contributed by atoms with Gasteiger partial charge in [0.1, 0.15) is 5.75 Å². The molecular formula is C21H29N3O. The van der Waals surface area contributed by atoms with E-state index in [1.165, 1.54) is 49.8 Å². The lowest BCUT2D eigenvalue weighted by Crippen LogP contribution is -2.32. The number of pyridine rings is 1. The molecule has 2 fully saturated rings. The van der Waals surface area contributed by atoms with Crippen LogP contribution < -0.4 is 9.64 Å². The first-order valence-electron chi connectivity index (χ1n) is 9.67. The van der Waals surface area contributed by atoms with Crippen molar-refractivity contribution in [2.45, 2.75) is 32.6 Å². The zero-order chi connectivity index (χ0) is 17.2. The number of benzene rings is 1. The summed E-state index contributed by atoms with van der Waals surface area (Å²) in [4.78, 5) is 9.66. The van der Waals surface area contributed by atoms with Gasteiger partial charge in [0.25, 0.3) is 0 Å². The molecule has 0 bridgehead atoms. The van der Waals surface area contributed by atoms with Crippen molar-refractivity contribution in [3.05, 3.63) is 30.0 Å². The van der Waals surface area contributed by atoms with Crippen LogP contribution >= 0.6 is 0 Å². The van der Waals surface area contributed by atoms with E-state index in [0.29, 0.717) is 5.92 Å². The topological polar surface area (TPSA) is 28.6 Å². The molecule has 4 nitrogen and oxygen atoms in total. The third-order valence-electron chi connectivity index (χ3n) is 5.66. The minimum Gasteiger partial charge on any atom is -0.493 e. The lowest BCUT2D eigenvalue weighted by atomic mass is 9.98. The second-order valence-electron chi connectivity index (χ2n) is 7.71. The van der Waals surface area contributed by atoms with Crippen LogP contribution in [-0.4, -0.2) is 49.7 Å². The molecule has 2 saturated heterocycles. The molecule has 4 heteroatoms. The van der Waals surface area contributed by atoms with Gasteiger partial charge in [-0.1, -0.05) is 0 Å². The Balaban J connectivity index is 1.51. The Kier molecular flexibility index (Phi) is 4.80. The van der Waals surface area contributed by atoms with Crippen molar-refractivity contribution in [1.82, 2.24) is 9.88 Å². The van der Waals surface area contributed by atoms with Gasteiger partial charge in [-0.2, -0.15) is 0 Å². The Bertz CT molecular complexity index is 731. The summed E-state index contributed by atoms with van der Waals surface area (Å²) in [6.07, 6.45) is 5.06. The summed E-state index contributed by atoms with van der Waals surface area (Å²) in [5, 5.41) is 1.25. The second kappa shape index (κ2) is 7.20. The first kappa shape index (κ1) is 16.6. The Morgan fingerprint density at radius 2 is 1.84 bits per heavy atom. The average Bonchev–Trinajstić information content (AvgIpc) is 3.14. The lowest BCUT2D eigenvalue weighted by Gasteiger charge is -2.28. The highest BCUT2D eigenvalue weighted by molar-refractivity contribution is 5.93. The van der Waals surface area contributed by atoms with E-state index < -0.39 is 0 Å². The molecule has 1 aromatic carbocycles. The van der Waals surface area contributed by atoms with Gasteiger partial charge >= 0.3 is 0 Å². The van der Waals surface area contributed by atoms with Gasteiger partial charge in [-0.25, -0.2) is 0 Å². The highest BCUT2D eigenvalue weighted by Gasteiger charge is 2.18. The molecule has 2 aromatic rings. The number of hydrogen-bond donors (Lipinski definition) is 0. The van der Waals surface area contributed by atoms with Crippen molar-refractivity contribution in [1.29, 1.82) is 0 Å². The molecular weight excluding hydrogens is 310 g/mol. The third kappa shape index (κ3) is 3.74. The zero-order valence-corrected chi connectivity index (χ0v) is 15.5. The molecule has 1 aromatic heterocycles. The summed E-state index contributed by atoms with van der Waals surface area (Å²) in [5.41, 5.74) is 3.48. The summed E-state index contributed by atoms with van der Waals surface area (Å²) in [6.45, 7) is 7.60. The van der Waals surface area contributed by atoms with Crippen LogP contribution in [0.4, 0.5) is 5.69 Å². The van der Waals surface area contributed by atoms with Gasteiger partial charge in [0, 0.05) is 35.9 Å². The van der Waals surface area contributed by atoms with E-state index in [-0.39, 0.29) is 0 Å². The predicted molar refractivity (Wildman–Crippen MR) is 104 cm³/mol. The maximum atomic E-state index is 6.12. The van der Waals surface area contributed by atoms with Crippen LogP contribution in [0.25, 0.3) is 10.9 Å². The number of rotatable bonds is 4. The number of aromatic nitrogens is 1. The van der Waals surface area contributed by atoms with Crippen LogP contribution in [-0.2, 0) is 0 Å². The van der Waals surface area contributed by atoms with Gasteiger partial charge in [-0.3, -0.25) is 4.98 Å². The number of nitrogens with zero attached hydrogens (tertiary/aromatic N) is 3. The largest absolute Gasteiger partial charge is 0.493 e. The molecule has 0 atom stereocenters. The zero-order valence-electron chi connectivity index (χ0n) is 15.5. The molecule has 0 radical (unpaired) electrons. The molecule has 0 N–H and O–H groups in total. The van der Waals surface area contributed by atoms with Crippen molar-refractivity contribution in [2.24, 2.45) is 5.92 Å². The van der Waals surface area contributed by atoms with E-state index in [4.69, 9.17) is 9.72 Å². The van der Waals surface area contributed by atoms with Crippen molar-refractivity contribution in [2.75, 3.05) is 44.7 Å². The number of piperidine rings is 1. The molecule has 134 valence electrons. The predicted octanol–water partition coefficient (Wildman–Crippen LogP) is 3.86. The Morgan fingerprint density at radius 1 is 1.08 bits per heavy atom. The molecule has 2 aliphatic heterocycles. The lowest BCUT2D eigenvalue weighted by molar-refractivity contribution is 0.160. The van der Waals surface area contributed by atoms with E-state index in [9.17, 15) is 0 Å². The van der Waals surface area contributed by atoms with Crippen LogP contribution in [0.2, 0.25) is 0 Å². The van der Waals surface area contributed by atoms with Crippen molar-refractivity contribution >= 4 is 16.6 Å². The highest BCUT2D eigenvalue weighted by atomic mass is 16.5. The van der Waals surface area contributed by atoms with Gasteiger partial charge in [-0.05, 0) is 76.9 Å². The Hall–Kier alpha value is -1.81. The minimum atomic E-state index is 0.678. The maximum Gasteiger partial charge on any atom is 0.121 e. The molecule has 25 heavy (non-hydrogen) atoms. The van der Waals surface area contributed by atoms with E-state index >= 15 is 0 Å². The number of fused-ring (bicyclic) bond motifs is 1. The number of aryl methyl sites for hydroxylation is 1. The van der Waals surface area contributed by atoms with Crippen LogP contribution in [0.5, 0.6) is 5.75 Å². The third-order valence-corrected chi connectivity index (χ3v) is 5.66. The summed E-state index contributed by atoms with van der Waals surface area (Å²) in [7, 11) is 2.20. The molecule has 2 aliphatic rings. The van der Waals surface area contributed by atoms with Crippen LogP contribution in [0.1, 0.15) is 31.4 Å². The van der Waals surface area contributed by atoms with Crippen LogP contribution in [0.3, 0.4) is 0 Å². The fourth-order valence-corrected chi connectivity index (χ4v) is 4.07. The van der Waals surface area contributed by atoms with E-state index in [2.05, 4.69) is 48.0 Å². The van der Waals surface area contributed by atoms with Crippen LogP contribution in [0.15, 0.2) is 24.3 Å². The summed E-state index contributed by atoms with van der Waals surface area (Å²) in [5.74, 6) is 1.63. The number of likely N-dealkylation sites (tertiary alicyclic amines) is 1. The fraction of sp³-hybridized carbons (Fsp3) is 0.571. The van der Waals surface area contributed by atoms with Gasteiger partial charge in [0.05, 0.1) is 12.1 Å². The Labute approximate surface area is 150 Å². The molecule has 0 unspecified atom stereocenters. The quantitative estimate of drug-likeness (QED) is 0.845. The summed E-state index contributed by atoms with van der Waals surface area (Å²) >= 11 is 0. The standard InChI is InChI=1S/C21H29N3O/c1-16-13-21(24-9-3-4-10-24)19-6-5-18(14-20(19)22-16)25-15-17-7-11-23(2)12-8-17/h5-6,13-14,17H,3-4,7-12,15H2,1-2H3. The van der Waals surface area contributed by atoms with E-state index in [1.807, 2.05) is 0 Å². The first-order valence-corrected chi connectivity index (χ1v) is 9.67. The minimum absolute atomic E-state index is 0.678. The first-order chi connectivity index (χ1) is 12.2. The molecule has 3 heterocycles. The van der Waals surface area contributed by atoms with Gasteiger partial charge in [0.2, 0.25) is 0 Å². The fourth-order valence-electron chi connectivity index (χ4n) is 4.07. The monoisotopic (exact) mass is 339 g/mol. The molecule has 0 spiro atoms. The maximum absolute atomic E-state index is 6.12. The second-order valence-corrected chi connectivity index (χ2v) is 7.71. The van der Waals surface area contributed by atoms with Gasteiger partial charge < -0.3 is 14.5 Å². The SMILES string of the molecule is Cc1cc(N2CCCC2)c2ccc(OCC3CCN(C)CC3)cc2n1. The smallest absolute Gasteiger partial charge is 0.121 e. The number of hydrogen-bond acceptors (Lipinski definition) is 4. The summed E-state index contributed by atoms with van der Waals surface area (Å²) < 4.78 is 6.12. The van der Waals surface area contributed by atoms with E-state index in [0.717, 1.165) is 36.7 Å². The number of anilines is 1. The van der Waals surface area contributed by atoms with Crippen molar-refractivity contribution in [3.63, 3.8) is 0 Å². The normalized spacial score (nSPS) is 19.7.